The van der Waals surface area contributed by atoms with Crippen molar-refractivity contribution in [3.8, 4) is 5.75 Å². The van der Waals surface area contributed by atoms with Crippen LogP contribution in [0.15, 0.2) is 24.3 Å². The van der Waals surface area contributed by atoms with Crippen molar-refractivity contribution in [2.75, 3.05) is 13.2 Å². The number of hydrogen-bond acceptors (Lipinski definition) is 3. The van der Waals surface area contributed by atoms with Crippen molar-refractivity contribution in [3.63, 3.8) is 0 Å². The van der Waals surface area contributed by atoms with E-state index in [4.69, 9.17) is 5.11 Å². The quantitative estimate of drug-likeness (QED) is 0.779. The standard InChI is InChI=1S/C11H11F4NO3/c12-10(13)19-8-3-1-7(2-4-8)9(18)16-5-11(14,15)6-17/h1-4,10,17H,5-6H2,(H,16,18). The highest BCUT2D eigenvalue weighted by atomic mass is 19.3. The Bertz CT molecular complexity index is 422. The van der Waals surface area contributed by atoms with E-state index in [1.165, 1.54) is 0 Å². The van der Waals surface area contributed by atoms with Gasteiger partial charge in [-0.3, -0.25) is 4.79 Å². The van der Waals surface area contributed by atoms with Gasteiger partial charge in [0.1, 0.15) is 12.4 Å². The van der Waals surface area contributed by atoms with Crippen LogP contribution in [0.4, 0.5) is 17.6 Å². The molecule has 0 radical (unpaired) electrons. The lowest BCUT2D eigenvalue weighted by Gasteiger charge is -2.14. The van der Waals surface area contributed by atoms with Crippen LogP contribution in [0.3, 0.4) is 0 Å². The molecule has 0 aliphatic rings. The number of rotatable bonds is 6. The van der Waals surface area contributed by atoms with Gasteiger partial charge < -0.3 is 15.2 Å². The van der Waals surface area contributed by atoms with Gasteiger partial charge in [0.2, 0.25) is 0 Å². The average molecular weight is 281 g/mol. The Labute approximate surface area is 106 Å². The molecule has 106 valence electrons. The van der Waals surface area contributed by atoms with Gasteiger partial charge in [-0.25, -0.2) is 8.78 Å². The van der Waals surface area contributed by atoms with E-state index in [-0.39, 0.29) is 11.3 Å². The number of aliphatic hydroxyl groups is 1. The van der Waals surface area contributed by atoms with Crippen molar-refractivity contribution in [1.82, 2.24) is 5.32 Å². The van der Waals surface area contributed by atoms with Crippen molar-refractivity contribution in [1.29, 1.82) is 0 Å². The smallest absolute Gasteiger partial charge is 0.387 e. The Morgan fingerprint density at radius 1 is 1.32 bits per heavy atom. The molecule has 1 aromatic rings. The third kappa shape index (κ3) is 5.12. The number of alkyl halides is 4. The third-order valence-electron chi connectivity index (χ3n) is 2.08. The fraction of sp³-hybridized carbons (Fsp3) is 0.364. The van der Waals surface area contributed by atoms with Crippen molar-refractivity contribution >= 4 is 5.91 Å². The normalized spacial score (nSPS) is 11.5. The molecular formula is C11H11F4NO3. The van der Waals surface area contributed by atoms with E-state index in [0.717, 1.165) is 24.3 Å². The number of carbonyl (C=O) groups excluding carboxylic acids is 1. The molecule has 0 aliphatic heterocycles. The van der Waals surface area contributed by atoms with Crippen LogP contribution in [0.2, 0.25) is 0 Å². The molecule has 8 heteroatoms. The first-order chi connectivity index (χ1) is 8.84. The summed E-state index contributed by atoms with van der Waals surface area (Å²) in [7, 11) is 0. The first-order valence-corrected chi connectivity index (χ1v) is 5.16. The average Bonchev–Trinajstić information content (AvgIpc) is 2.36. The SMILES string of the molecule is O=C(NCC(F)(F)CO)c1ccc(OC(F)F)cc1. The van der Waals surface area contributed by atoms with E-state index in [1.54, 1.807) is 0 Å². The first kappa shape index (κ1) is 15.2. The Hall–Kier alpha value is -1.83. The minimum absolute atomic E-state index is 0.00959. The van der Waals surface area contributed by atoms with Gasteiger partial charge in [0.05, 0.1) is 6.54 Å². The molecule has 4 nitrogen and oxygen atoms in total. The molecule has 0 bridgehead atoms. The highest BCUT2D eigenvalue weighted by Crippen LogP contribution is 2.15. The lowest BCUT2D eigenvalue weighted by molar-refractivity contribution is -0.0499. The largest absolute Gasteiger partial charge is 0.435 e. The molecule has 0 aromatic heterocycles. The summed E-state index contributed by atoms with van der Waals surface area (Å²) in [6, 6.07) is 4.55. The third-order valence-corrected chi connectivity index (χ3v) is 2.08. The van der Waals surface area contributed by atoms with Gasteiger partial charge in [0, 0.05) is 5.56 Å². The van der Waals surface area contributed by atoms with Gasteiger partial charge in [-0.05, 0) is 24.3 Å². The van der Waals surface area contributed by atoms with E-state index in [0.29, 0.717) is 0 Å². The van der Waals surface area contributed by atoms with Crippen LogP contribution in [0.1, 0.15) is 10.4 Å². The number of halogens is 4. The molecule has 1 amide bonds. The number of aliphatic hydroxyl groups excluding tert-OH is 1. The summed E-state index contributed by atoms with van der Waals surface area (Å²) in [4.78, 5) is 11.4. The van der Waals surface area contributed by atoms with Gasteiger partial charge in [-0.2, -0.15) is 8.78 Å². The summed E-state index contributed by atoms with van der Waals surface area (Å²) in [6.07, 6.45) is 0. The topological polar surface area (TPSA) is 58.6 Å². The number of ether oxygens (including phenoxy) is 1. The second kappa shape index (κ2) is 6.37. The first-order valence-electron chi connectivity index (χ1n) is 5.16. The fourth-order valence-electron chi connectivity index (χ4n) is 1.16. The van der Waals surface area contributed by atoms with Crippen LogP contribution in [0.25, 0.3) is 0 Å². The summed E-state index contributed by atoms with van der Waals surface area (Å²) >= 11 is 0. The molecular weight excluding hydrogens is 270 g/mol. The second-order valence-electron chi connectivity index (χ2n) is 3.60. The summed E-state index contributed by atoms with van der Waals surface area (Å²) in [5.41, 5.74) is 0.00959. The van der Waals surface area contributed by atoms with Crippen LogP contribution >= 0.6 is 0 Å². The maximum Gasteiger partial charge on any atom is 0.387 e. The molecule has 2 N–H and O–H groups in total. The molecule has 1 aromatic carbocycles. The second-order valence-corrected chi connectivity index (χ2v) is 3.60. The number of nitrogens with one attached hydrogen (secondary N) is 1. The Kier molecular flexibility index (Phi) is 5.11. The van der Waals surface area contributed by atoms with Crippen molar-refractivity contribution in [3.05, 3.63) is 29.8 Å². The molecule has 0 aliphatic carbocycles. The highest BCUT2D eigenvalue weighted by Gasteiger charge is 2.28. The molecule has 0 atom stereocenters. The van der Waals surface area contributed by atoms with Crippen LogP contribution in [0.5, 0.6) is 5.75 Å². The predicted molar refractivity (Wildman–Crippen MR) is 57.4 cm³/mol. The van der Waals surface area contributed by atoms with Crippen LogP contribution in [-0.2, 0) is 0 Å². The molecule has 0 spiro atoms. The van der Waals surface area contributed by atoms with Gasteiger partial charge >= 0.3 is 6.61 Å². The number of amides is 1. The zero-order valence-corrected chi connectivity index (χ0v) is 9.58. The van der Waals surface area contributed by atoms with Gasteiger partial charge in [-0.1, -0.05) is 0 Å². The zero-order chi connectivity index (χ0) is 14.5. The summed E-state index contributed by atoms with van der Waals surface area (Å²) in [5.74, 6) is -4.36. The maximum absolute atomic E-state index is 12.7. The molecule has 0 fully saturated rings. The van der Waals surface area contributed by atoms with E-state index in [1.807, 2.05) is 5.32 Å². The molecule has 0 heterocycles. The van der Waals surface area contributed by atoms with Gasteiger partial charge in [0.25, 0.3) is 11.8 Å². The van der Waals surface area contributed by atoms with E-state index >= 15 is 0 Å². The minimum atomic E-state index is -3.41. The van der Waals surface area contributed by atoms with Crippen LogP contribution in [-0.4, -0.2) is 36.7 Å². The Morgan fingerprint density at radius 2 is 1.89 bits per heavy atom. The Morgan fingerprint density at radius 3 is 2.37 bits per heavy atom. The number of carbonyl (C=O) groups is 1. The van der Waals surface area contributed by atoms with Crippen molar-refractivity contribution in [2.45, 2.75) is 12.5 Å². The highest BCUT2D eigenvalue weighted by molar-refractivity contribution is 5.94. The van der Waals surface area contributed by atoms with E-state index < -0.39 is 31.6 Å². The van der Waals surface area contributed by atoms with Crippen LogP contribution in [0, 0.1) is 0 Å². The summed E-state index contributed by atoms with van der Waals surface area (Å²) in [6.45, 7) is -5.38. The van der Waals surface area contributed by atoms with Crippen LogP contribution < -0.4 is 10.1 Å². The fourth-order valence-corrected chi connectivity index (χ4v) is 1.16. The summed E-state index contributed by atoms with van der Waals surface area (Å²) < 4.78 is 53.1. The summed E-state index contributed by atoms with van der Waals surface area (Å²) in [5, 5.41) is 10.2. The molecule has 0 unspecified atom stereocenters. The predicted octanol–water partition coefficient (Wildman–Crippen LogP) is 1.65. The molecule has 0 saturated carbocycles. The molecule has 1 rings (SSSR count). The van der Waals surface area contributed by atoms with E-state index in [9.17, 15) is 22.4 Å². The van der Waals surface area contributed by atoms with Gasteiger partial charge in [-0.15, -0.1) is 0 Å². The maximum atomic E-state index is 12.7. The Balaban J connectivity index is 2.58. The zero-order valence-electron chi connectivity index (χ0n) is 9.58. The van der Waals surface area contributed by atoms with Crippen molar-refractivity contribution in [2.24, 2.45) is 0 Å². The molecule has 19 heavy (non-hydrogen) atoms. The van der Waals surface area contributed by atoms with Gasteiger partial charge in [0.15, 0.2) is 0 Å². The van der Waals surface area contributed by atoms with Crippen molar-refractivity contribution < 1.29 is 32.2 Å². The lowest BCUT2D eigenvalue weighted by Crippen LogP contribution is -2.38. The lowest BCUT2D eigenvalue weighted by atomic mass is 10.2. The monoisotopic (exact) mass is 281 g/mol. The number of benzene rings is 1. The van der Waals surface area contributed by atoms with E-state index in [2.05, 4.69) is 4.74 Å². The minimum Gasteiger partial charge on any atom is -0.435 e. The number of hydrogen-bond donors (Lipinski definition) is 2. The molecule has 0 saturated heterocycles.